The Morgan fingerprint density at radius 3 is 2.17 bits per heavy atom. The summed E-state index contributed by atoms with van der Waals surface area (Å²) in [5, 5.41) is 0. The van der Waals surface area contributed by atoms with Crippen molar-refractivity contribution in [2.24, 2.45) is 0 Å². The lowest BCUT2D eigenvalue weighted by Crippen LogP contribution is -2.46. The highest BCUT2D eigenvalue weighted by atomic mass is 32.2. The lowest BCUT2D eigenvalue weighted by Gasteiger charge is -2.36. The minimum atomic E-state index is -1.52. The smallest absolute Gasteiger partial charge is 0.240 e. The van der Waals surface area contributed by atoms with E-state index < -0.39 is 11.1 Å². The Kier molecular flexibility index (Phi) is 8.06. The molecule has 1 saturated heterocycles. The fourth-order valence-electron chi connectivity index (χ4n) is 4.25. The molecular formula is C30H30N2O2S2. The number of hydrogen-bond acceptors (Lipinski definition) is 5. The maximum absolute atomic E-state index is 12.5. The van der Waals surface area contributed by atoms with Crippen LogP contribution in [0.4, 0.5) is 5.69 Å². The van der Waals surface area contributed by atoms with Gasteiger partial charge in [-0.05, 0) is 67.1 Å². The van der Waals surface area contributed by atoms with E-state index in [0.29, 0.717) is 10.6 Å². The molecule has 4 nitrogen and oxygen atoms in total. The van der Waals surface area contributed by atoms with Crippen LogP contribution >= 0.6 is 11.8 Å². The van der Waals surface area contributed by atoms with E-state index in [9.17, 15) is 4.21 Å². The van der Waals surface area contributed by atoms with Gasteiger partial charge in [-0.1, -0.05) is 65.9 Å². The van der Waals surface area contributed by atoms with Crippen LogP contribution in [-0.4, -0.2) is 35.3 Å². The highest BCUT2D eigenvalue weighted by molar-refractivity contribution is 7.99. The van der Waals surface area contributed by atoms with Crippen molar-refractivity contribution in [2.75, 3.05) is 31.1 Å². The van der Waals surface area contributed by atoms with Crippen molar-refractivity contribution in [3.8, 4) is 5.75 Å². The van der Waals surface area contributed by atoms with E-state index in [1.165, 1.54) is 21.0 Å². The van der Waals surface area contributed by atoms with E-state index in [1.54, 1.807) is 0 Å². The van der Waals surface area contributed by atoms with Crippen molar-refractivity contribution >= 4 is 28.5 Å². The van der Waals surface area contributed by atoms with Crippen molar-refractivity contribution in [1.29, 1.82) is 0 Å². The van der Waals surface area contributed by atoms with Crippen molar-refractivity contribution < 1.29 is 8.39 Å². The zero-order valence-corrected chi connectivity index (χ0v) is 22.0. The van der Waals surface area contributed by atoms with Gasteiger partial charge in [0.2, 0.25) is 11.1 Å². The second kappa shape index (κ2) is 11.8. The highest BCUT2D eigenvalue weighted by Gasteiger charge is 2.19. The van der Waals surface area contributed by atoms with Crippen molar-refractivity contribution in [3.63, 3.8) is 0 Å². The Morgan fingerprint density at radius 1 is 0.778 bits per heavy atom. The molecule has 0 aliphatic carbocycles. The molecule has 36 heavy (non-hydrogen) atoms. The van der Waals surface area contributed by atoms with Crippen molar-refractivity contribution in [1.82, 2.24) is 4.90 Å². The first-order chi connectivity index (χ1) is 17.6. The maximum atomic E-state index is 12.5. The van der Waals surface area contributed by atoms with Gasteiger partial charge in [0.05, 0.1) is 4.90 Å². The minimum absolute atomic E-state index is 0.615. The van der Waals surface area contributed by atoms with Gasteiger partial charge >= 0.3 is 0 Å². The Labute approximate surface area is 220 Å². The molecule has 1 heterocycles. The monoisotopic (exact) mass is 514 g/mol. The molecule has 0 spiro atoms. The Balaban J connectivity index is 1.15. The Morgan fingerprint density at radius 2 is 1.44 bits per heavy atom. The Hall–Kier alpha value is -3.06. The van der Waals surface area contributed by atoms with Crippen LogP contribution in [0.1, 0.15) is 11.1 Å². The predicted molar refractivity (Wildman–Crippen MR) is 149 cm³/mol. The predicted octanol–water partition coefficient (Wildman–Crippen LogP) is 6.57. The van der Waals surface area contributed by atoms with Crippen LogP contribution in [0.5, 0.6) is 5.75 Å². The van der Waals surface area contributed by atoms with Gasteiger partial charge in [-0.2, -0.15) is 0 Å². The molecule has 4 aromatic carbocycles. The fourth-order valence-corrected chi connectivity index (χ4v) is 5.95. The van der Waals surface area contributed by atoms with E-state index in [4.69, 9.17) is 4.18 Å². The molecule has 1 atom stereocenters. The molecule has 1 fully saturated rings. The molecule has 0 aromatic heterocycles. The lowest BCUT2D eigenvalue weighted by atomic mass is 10.2. The van der Waals surface area contributed by atoms with Gasteiger partial charge in [0, 0.05) is 48.2 Å². The summed E-state index contributed by atoms with van der Waals surface area (Å²) < 4.78 is 18.2. The summed E-state index contributed by atoms with van der Waals surface area (Å²) in [5.41, 5.74) is 3.68. The molecule has 0 N–H and O–H groups in total. The maximum Gasteiger partial charge on any atom is 0.240 e. The van der Waals surface area contributed by atoms with Gasteiger partial charge in [-0.3, -0.25) is 4.90 Å². The third kappa shape index (κ3) is 6.38. The van der Waals surface area contributed by atoms with Gasteiger partial charge in [0.25, 0.3) is 0 Å². The third-order valence-corrected chi connectivity index (χ3v) is 8.42. The highest BCUT2D eigenvalue weighted by Crippen LogP contribution is 2.31. The van der Waals surface area contributed by atoms with Gasteiger partial charge in [-0.15, -0.1) is 0 Å². The summed E-state index contributed by atoms with van der Waals surface area (Å²) in [6, 6.07) is 34.8. The van der Waals surface area contributed by atoms with Crippen molar-refractivity contribution in [2.45, 2.75) is 28.2 Å². The molecule has 0 saturated carbocycles. The van der Waals surface area contributed by atoms with E-state index in [2.05, 4.69) is 76.5 Å². The average molecular weight is 515 g/mol. The van der Waals surface area contributed by atoms with Gasteiger partial charge in [0.15, 0.2) is 0 Å². The number of piperazine rings is 1. The van der Waals surface area contributed by atoms with E-state index in [-0.39, 0.29) is 0 Å². The van der Waals surface area contributed by atoms with Gasteiger partial charge in [-0.25, -0.2) is 4.21 Å². The molecule has 1 unspecified atom stereocenters. The largest absolute Gasteiger partial charge is 0.397 e. The normalized spacial score (nSPS) is 15.0. The number of anilines is 1. The van der Waals surface area contributed by atoms with E-state index >= 15 is 0 Å². The zero-order chi connectivity index (χ0) is 24.7. The summed E-state index contributed by atoms with van der Waals surface area (Å²) in [6.45, 7) is 6.95. The summed E-state index contributed by atoms with van der Waals surface area (Å²) in [6.07, 6.45) is 0. The first-order valence-electron chi connectivity index (χ1n) is 12.2. The zero-order valence-electron chi connectivity index (χ0n) is 20.4. The van der Waals surface area contributed by atoms with Crippen LogP contribution in [0.2, 0.25) is 0 Å². The lowest BCUT2D eigenvalue weighted by molar-refractivity contribution is 0.248. The molecule has 184 valence electrons. The second-order valence-corrected chi connectivity index (χ2v) is 11.1. The molecule has 1 aliphatic heterocycles. The van der Waals surface area contributed by atoms with E-state index in [0.717, 1.165) is 38.3 Å². The summed E-state index contributed by atoms with van der Waals surface area (Å²) in [7, 11) is 0. The number of aryl methyl sites for hydroxylation is 1. The van der Waals surface area contributed by atoms with Crippen LogP contribution in [0.3, 0.4) is 0 Å². The molecule has 4 aromatic rings. The summed E-state index contributed by atoms with van der Waals surface area (Å²) >= 11 is 0.319. The molecular weight excluding hydrogens is 484 g/mol. The second-order valence-electron chi connectivity index (χ2n) is 8.91. The molecule has 6 heteroatoms. The van der Waals surface area contributed by atoms with Crippen LogP contribution in [0.15, 0.2) is 118 Å². The fraction of sp³-hybridized carbons (Fsp3) is 0.200. The van der Waals surface area contributed by atoms with Crippen molar-refractivity contribution in [3.05, 3.63) is 114 Å². The SMILES string of the molecule is Cc1ccc(S(=O)Oc2ccc(N3CCN(Cc4ccccc4Sc4ccccc4)CC3)cc2)cc1. The number of benzene rings is 4. The topological polar surface area (TPSA) is 32.8 Å². The molecule has 1 aliphatic rings. The third-order valence-electron chi connectivity index (χ3n) is 6.30. The van der Waals surface area contributed by atoms with Crippen LogP contribution in [-0.2, 0) is 17.6 Å². The molecule has 0 bridgehead atoms. The first-order valence-corrected chi connectivity index (χ1v) is 14.1. The molecule has 0 amide bonds. The van der Waals surface area contributed by atoms with Crippen LogP contribution in [0, 0.1) is 6.92 Å². The van der Waals surface area contributed by atoms with Gasteiger partial charge in [0.1, 0.15) is 5.75 Å². The number of rotatable bonds is 8. The van der Waals surface area contributed by atoms with E-state index in [1.807, 2.05) is 55.1 Å². The van der Waals surface area contributed by atoms with Crippen LogP contribution < -0.4 is 9.08 Å². The molecule has 5 rings (SSSR count). The van der Waals surface area contributed by atoms with Gasteiger partial charge < -0.3 is 9.08 Å². The first kappa shape index (κ1) is 24.6. The quantitative estimate of drug-likeness (QED) is 0.266. The summed E-state index contributed by atoms with van der Waals surface area (Å²) in [4.78, 5) is 8.20. The number of hydrogen-bond donors (Lipinski definition) is 0. The number of nitrogens with zero attached hydrogens (tertiary/aromatic N) is 2. The standard InChI is InChI=1S/C30H30N2O2S2/c1-24-11-17-29(18-12-24)36(33)34-27-15-13-26(14-16-27)32-21-19-31(20-22-32)23-25-7-5-6-10-30(25)35-28-8-3-2-4-9-28/h2-18H,19-23H2,1H3. The van der Waals surface area contributed by atoms with Crippen LogP contribution in [0.25, 0.3) is 0 Å². The summed E-state index contributed by atoms with van der Waals surface area (Å²) in [5.74, 6) is 0.615. The average Bonchev–Trinajstić information content (AvgIpc) is 2.92. The minimum Gasteiger partial charge on any atom is -0.397 e. The molecule has 0 radical (unpaired) electrons. The Bertz CT molecular complexity index is 1290.